The Morgan fingerprint density at radius 2 is 1.90 bits per heavy atom. The smallest absolute Gasteiger partial charge is 0.264 e. The third-order valence-corrected chi connectivity index (χ3v) is 5.45. The van der Waals surface area contributed by atoms with Crippen molar-refractivity contribution in [2.45, 2.75) is 19.1 Å². The molecule has 0 N–H and O–H groups in total. The Kier molecular flexibility index (Phi) is 5.67. The van der Waals surface area contributed by atoms with Gasteiger partial charge >= 0.3 is 0 Å². The summed E-state index contributed by atoms with van der Waals surface area (Å²) in [6.07, 6.45) is 0.103. The predicted molar refractivity (Wildman–Crippen MR) is 108 cm³/mol. The summed E-state index contributed by atoms with van der Waals surface area (Å²) in [5.41, 5.74) is 2.00. The van der Waals surface area contributed by atoms with Gasteiger partial charge in [0.1, 0.15) is 11.6 Å². The molecule has 1 aliphatic rings. The van der Waals surface area contributed by atoms with Gasteiger partial charge in [0, 0.05) is 18.5 Å². The molecule has 0 spiro atoms. The average Bonchev–Trinajstić information content (AvgIpc) is 3.39. The monoisotopic (exact) mass is 412 g/mol. The van der Waals surface area contributed by atoms with Gasteiger partial charge in [-0.05, 0) is 41.3 Å². The highest BCUT2D eigenvalue weighted by Crippen LogP contribution is 2.21. The van der Waals surface area contributed by atoms with Crippen molar-refractivity contribution in [1.82, 2.24) is 4.90 Å². The second-order valence-electron chi connectivity index (χ2n) is 6.77. The van der Waals surface area contributed by atoms with Gasteiger partial charge in [0.25, 0.3) is 5.91 Å². The molecule has 148 valence electrons. The first-order valence-corrected chi connectivity index (χ1v) is 10.0. The number of hydrogen-bond donors (Lipinski definition) is 0. The molecule has 4 rings (SSSR count). The summed E-state index contributed by atoms with van der Waals surface area (Å²) in [5, 5.41) is 5.92. The molecule has 2 aromatic carbocycles. The molecular formula is C22H18F2N2O2S. The number of thiophene rings is 1. The average molecular weight is 412 g/mol. The summed E-state index contributed by atoms with van der Waals surface area (Å²) in [7, 11) is 0. The number of carbonyl (C=O) groups is 1. The van der Waals surface area contributed by atoms with Gasteiger partial charge in [-0.2, -0.15) is 0 Å². The molecule has 0 fully saturated rings. The molecule has 2 heterocycles. The normalized spacial score (nSPS) is 15.7. The summed E-state index contributed by atoms with van der Waals surface area (Å²) < 4.78 is 27.1. The van der Waals surface area contributed by atoms with Gasteiger partial charge in [0.05, 0.1) is 17.1 Å². The Labute approximate surface area is 171 Å². The summed E-state index contributed by atoms with van der Waals surface area (Å²) in [6.45, 7) is 0.541. The molecule has 0 bridgehead atoms. The third-order valence-electron chi connectivity index (χ3n) is 4.60. The van der Waals surface area contributed by atoms with E-state index in [4.69, 9.17) is 4.84 Å². The zero-order valence-corrected chi connectivity index (χ0v) is 16.2. The Hall–Kier alpha value is -3.06. The summed E-state index contributed by atoms with van der Waals surface area (Å²) in [5.74, 6) is -0.832. The van der Waals surface area contributed by atoms with Crippen molar-refractivity contribution < 1.29 is 18.4 Å². The molecule has 0 aliphatic carbocycles. The minimum absolute atomic E-state index is 0.146. The lowest BCUT2D eigenvalue weighted by atomic mass is 10.0. The van der Waals surface area contributed by atoms with Gasteiger partial charge in [0.15, 0.2) is 6.10 Å². The summed E-state index contributed by atoms with van der Waals surface area (Å²) in [4.78, 5) is 20.7. The van der Waals surface area contributed by atoms with Crippen molar-refractivity contribution in [2.75, 3.05) is 6.54 Å². The molecular weight excluding hydrogens is 394 g/mol. The van der Waals surface area contributed by atoms with Crippen molar-refractivity contribution in [2.24, 2.45) is 5.16 Å². The van der Waals surface area contributed by atoms with Crippen LogP contribution in [0.15, 0.2) is 71.2 Å². The highest BCUT2D eigenvalue weighted by Gasteiger charge is 2.28. The van der Waals surface area contributed by atoms with Gasteiger partial charge in [-0.3, -0.25) is 4.79 Å². The van der Waals surface area contributed by atoms with Crippen LogP contribution in [-0.4, -0.2) is 29.2 Å². The van der Waals surface area contributed by atoms with Crippen molar-refractivity contribution >= 4 is 23.0 Å². The van der Waals surface area contributed by atoms with Crippen LogP contribution in [0.3, 0.4) is 0 Å². The van der Waals surface area contributed by atoms with Crippen LogP contribution in [0.2, 0.25) is 0 Å². The van der Waals surface area contributed by atoms with Crippen molar-refractivity contribution in [3.05, 3.63) is 93.7 Å². The predicted octanol–water partition coefficient (Wildman–Crippen LogP) is 4.86. The van der Waals surface area contributed by atoms with E-state index in [1.54, 1.807) is 35.2 Å². The molecule has 4 nitrogen and oxygen atoms in total. The van der Waals surface area contributed by atoms with E-state index in [-0.39, 0.29) is 36.7 Å². The van der Waals surface area contributed by atoms with E-state index >= 15 is 0 Å². The van der Waals surface area contributed by atoms with E-state index in [1.165, 1.54) is 35.6 Å². The molecule has 0 radical (unpaired) electrons. The van der Waals surface area contributed by atoms with Crippen LogP contribution < -0.4 is 0 Å². The van der Waals surface area contributed by atoms with Crippen molar-refractivity contribution in [3.63, 3.8) is 0 Å². The third kappa shape index (κ3) is 4.68. The first-order valence-electron chi connectivity index (χ1n) is 9.14. The van der Waals surface area contributed by atoms with Crippen LogP contribution in [0.5, 0.6) is 0 Å². The van der Waals surface area contributed by atoms with Crippen LogP contribution in [0.25, 0.3) is 0 Å². The van der Waals surface area contributed by atoms with E-state index in [1.807, 2.05) is 11.4 Å². The number of halogens is 2. The number of benzene rings is 2. The maximum Gasteiger partial charge on any atom is 0.264 e. The lowest BCUT2D eigenvalue weighted by molar-refractivity contribution is 0.0408. The number of amides is 1. The molecule has 0 saturated heterocycles. The van der Waals surface area contributed by atoms with Crippen LogP contribution >= 0.6 is 11.3 Å². The Morgan fingerprint density at radius 3 is 2.62 bits per heavy atom. The number of carbonyl (C=O) groups excluding carboxylic acids is 1. The maximum atomic E-state index is 13.6. The number of oxime groups is 1. The maximum absolute atomic E-state index is 13.6. The van der Waals surface area contributed by atoms with Gasteiger partial charge in [-0.1, -0.05) is 35.5 Å². The molecule has 3 aromatic rings. The van der Waals surface area contributed by atoms with Crippen LogP contribution in [-0.2, 0) is 11.4 Å². The highest BCUT2D eigenvalue weighted by molar-refractivity contribution is 7.12. The van der Waals surface area contributed by atoms with E-state index in [0.29, 0.717) is 28.1 Å². The fourth-order valence-electron chi connectivity index (χ4n) is 3.24. The fraction of sp³-hybridized carbons (Fsp3) is 0.182. The zero-order valence-electron chi connectivity index (χ0n) is 15.4. The van der Waals surface area contributed by atoms with Crippen LogP contribution in [0.1, 0.15) is 27.2 Å². The molecule has 0 saturated carbocycles. The SMILES string of the molecule is O=C(c1cccs1)N(Cc1cccc(F)c1)C[C@@H]1CC(c2cccc(F)c2)=NO1. The van der Waals surface area contributed by atoms with Gasteiger partial charge in [-0.25, -0.2) is 8.78 Å². The molecule has 29 heavy (non-hydrogen) atoms. The van der Waals surface area contributed by atoms with E-state index in [9.17, 15) is 13.6 Å². The summed E-state index contributed by atoms with van der Waals surface area (Å²) in [6, 6.07) is 15.9. The van der Waals surface area contributed by atoms with Crippen LogP contribution in [0.4, 0.5) is 8.78 Å². The van der Waals surface area contributed by atoms with Crippen molar-refractivity contribution in [3.8, 4) is 0 Å². The molecule has 7 heteroatoms. The van der Waals surface area contributed by atoms with E-state index in [2.05, 4.69) is 5.16 Å². The Morgan fingerprint density at radius 1 is 1.10 bits per heavy atom. The molecule has 0 unspecified atom stereocenters. The van der Waals surface area contributed by atoms with E-state index in [0.717, 1.165) is 0 Å². The lowest BCUT2D eigenvalue weighted by Crippen LogP contribution is -2.37. The summed E-state index contributed by atoms with van der Waals surface area (Å²) >= 11 is 1.35. The largest absolute Gasteiger partial charge is 0.390 e. The lowest BCUT2D eigenvalue weighted by Gasteiger charge is -2.24. The van der Waals surface area contributed by atoms with Gasteiger partial charge in [0.2, 0.25) is 0 Å². The van der Waals surface area contributed by atoms with Gasteiger partial charge in [-0.15, -0.1) is 11.3 Å². The topological polar surface area (TPSA) is 41.9 Å². The van der Waals surface area contributed by atoms with Crippen LogP contribution in [0, 0.1) is 11.6 Å². The Bertz CT molecular complexity index is 1040. The number of rotatable bonds is 6. The fourth-order valence-corrected chi connectivity index (χ4v) is 3.93. The van der Waals surface area contributed by atoms with E-state index < -0.39 is 0 Å². The minimum atomic E-state index is -0.356. The second-order valence-corrected chi connectivity index (χ2v) is 7.72. The molecule has 1 aliphatic heterocycles. The number of nitrogens with zero attached hydrogens (tertiary/aromatic N) is 2. The highest BCUT2D eigenvalue weighted by atomic mass is 32.1. The molecule has 1 aromatic heterocycles. The first-order chi connectivity index (χ1) is 14.1. The van der Waals surface area contributed by atoms with Crippen molar-refractivity contribution in [1.29, 1.82) is 0 Å². The molecule has 1 amide bonds. The second kappa shape index (κ2) is 8.53. The first kappa shape index (κ1) is 19.3. The Balaban J connectivity index is 1.49. The molecule has 1 atom stereocenters. The quantitative estimate of drug-likeness (QED) is 0.580. The number of hydrogen-bond acceptors (Lipinski definition) is 4. The standard InChI is InChI=1S/C22H18F2N2O2S/c23-17-6-1-4-15(10-17)13-26(22(27)21-8-3-9-29-21)14-19-12-20(25-28-19)16-5-2-7-18(24)11-16/h1-11,19H,12-14H2/t19-/m0/s1. The van der Waals surface area contributed by atoms with Gasteiger partial charge < -0.3 is 9.74 Å². The zero-order chi connectivity index (χ0) is 20.2. The minimum Gasteiger partial charge on any atom is -0.390 e.